The van der Waals surface area contributed by atoms with Crippen LogP contribution in [0.25, 0.3) is 23.3 Å². The Kier molecular flexibility index (Phi) is 10.4. The fourth-order valence-corrected chi connectivity index (χ4v) is 4.57. The molecule has 0 aromatic heterocycles. The Hall–Kier alpha value is -5.50. The summed E-state index contributed by atoms with van der Waals surface area (Å²) in [5.41, 5.74) is 6.90. The Bertz CT molecular complexity index is 1600. The monoisotopic (exact) mass is 592 g/mol. The van der Waals surface area contributed by atoms with Gasteiger partial charge in [0.25, 0.3) is 0 Å². The van der Waals surface area contributed by atoms with Crippen molar-refractivity contribution in [2.45, 2.75) is 13.8 Å². The van der Waals surface area contributed by atoms with E-state index in [1.807, 2.05) is 62.4 Å². The molecule has 0 aliphatic heterocycles. The zero-order valence-corrected chi connectivity index (χ0v) is 25.7. The van der Waals surface area contributed by atoms with Gasteiger partial charge in [0.1, 0.15) is 0 Å². The Morgan fingerprint density at radius 3 is 1.25 bits per heavy atom. The third kappa shape index (κ3) is 7.86. The minimum Gasteiger partial charge on any atom is -0.493 e. The molecule has 4 rings (SSSR count). The topological polar surface area (TPSA) is 95.1 Å². The molecule has 8 heteroatoms. The Balaban J connectivity index is 1.39. The molecule has 44 heavy (non-hydrogen) atoms. The van der Waals surface area contributed by atoms with Crippen molar-refractivity contribution in [1.29, 1.82) is 0 Å². The second kappa shape index (κ2) is 14.6. The van der Waals surface area contributed by atoms with Gasteiger partial charge in [0, 0.05) is 23.5 Å². The van der Waals surface area contributed by atoms with Gasteiger partial charge >= 0.3 is 0 Å². The number of nitrogens with one attached hydrogen (secondary N) is 2. The maximum Gasteiger partial charge on any atom is 0.248 e. The predicted octanol–water partition coefficient (Wildman–Crippen LogP) is 7.31. The Morgan fingerprint density at radius 1 is 0.523 bits per heavy atom. The standard InChI is InChI=1S/C36H36N2O6/c1-23-19-27(11-13-29(23)37-35(39)17-9-25-7-15-31(41-3)33(21-25)43-5)28-12-14-30(24(2)20-28)38-36(40)18-10-26-8-16-32(42-4)34(22-26)44-6/h7-22H,1-6H3,(H,37,39)(H,38,40)/b17-9+,18-10+. The molecular formula is C36H36N2O6. The van der Waals surface area contributed by atoms with E-state index in [0.717, 1.165) is 44.8 Å². The number of rotatable bonds is 11. The van der Waals surface area contributed by atoms with Gasteiger partial charge in [0.2, 0.25) is 11.8 Å². The minimum absolute atomic E-state index is 0.244. The maximum atomic E-state index is 12.6. The lowest BCUT2D eigenvalue weighted by Crippen LogP contribution is -2.09. The zero-order chi connectivity index (χ0) is 31.6. The van der Waals surface area contributed by atoms with Crippen molar-refractivity contribution in [3.8, 4) is 34.1 Å². The Morgan fingerprint density at radius 2 is 0.909 bits per heavy atom. The van der Waals surface area contributed by atoms with Gasteiger partial charge in [-0.2, -0.15) is 0 Å². The summed E-state index contributed by atoms with van der Waals surface area (Å²) in [5.74, 6) is 1.95. The van der Waals surface area contributed by atoms with Crippen LogP contribution in [0.15, 0.2) is 84.9 Å². The Labute approximate surface area is 257 Å². The first-order valence-electron chi connectivity index (χ1n) is 13.9. The zero-order valence-electron chi connectivity index (χ0n) is 25.7. The van der Waals surface area contributed by atoms with E-state index in [0.29, 0.717) is 23.0 Å². The average Bonchev–Trinajstić information content (AvgIpc) is 3.04. The van der Waals surface area contributed by atoms with Crippen LogP contribution in [0.2, 0.25) is 0 Å². The lowest BCUT2D eigenvalue weighted by molar-refractivity contribution is -0.112. The van der Waals surface area contributed by atoms with Crippen molar-refractivity contribution in [1.82, 2.24) is 0 Å². The molecule has 0 radical (unpaired) electrons. The summed E-state index contributed by atoms with van der Waals surface area (Å²) < 4.78 is 21.2. The van der Waals surface area contributed by atoms with E-state index < -0.39 is 0 Å². The fraction of sp³-hybridized carbons (Fsp3) is 0.167. The molecule has 4 aromatic rings. The summed E-state index contributed by atoms with van der Waals surface area (Å²) in [4.78, 5) is 25.2. The van der Waals surface area contributed by atoms with Crippen LogP contribution in [-0.2, 0) is 9.59 Å². The van der Waals surface area contributed by atoms with Crippen LogP contribution >= 0.6 is 0 Å². The second-order valence-electron chi connectivity index (χ2n) is 9.93. The van der Waals surface area contributed by atoms with E-state index in [1.165, 1.54) is 12.2 Å². The van der Waals surface area contributed by atoms with E-state index in [-0.39, 0.29) is 11.8 Å². The molecule has 0 aliphatic rings. The predicted molar refractivity (Wildman–Crippen MR) is 176 cm³/mol. The number of amides is 2. The highest BCUT2D eigenvalue weighted by molar-refractivity contribution is 6.03. The maximum absolute atomic E-state index is 12.6. The molecule has 0 bridgehead atoms. The molecule has 8 nitrogen and oxygen atoms in total. The van der Waals surface area contributed by atoms with E-state index >= 15 is 0 Å². The van der Waals surface area contributed by atoms with Gasteiger partial charge in [-0.05, 0) is 108 Å². The number of hydrogen-bond acceptors (Lipinski definition) is 6. The molecule has 0 heterocycles. The summed E-state index contributed by atoms with van der Waals surface area (Å²) >= 11 is 0. The largest absolute Gasteiger partial charge is 0.493 e. The first-order chi connectivity index (χ1) is 21.2. The van der Waals surface area contributed by atoms with Crippen LogP contribution in [0.3, 0.4) is 0 Å². The normalized spacial score (nSPS) is 11.0. The number of anilines is 2. The number of carbonyl (C=O) groups excluding carboxylic acids is 2. The molecule has 4 aromatic carbocycles. The minimum atomic E-state index is -0.244. The summed E-state index contributed by atoms with van der Waals surface area (Å²) in [6.07, 6.45) is 6.40. The molecule has 0 spiro atoms. The molecule has 0 saturated heterocycles. The quantitative estimate of drug-likeness (QED) is 0.177. The first kappa shape index (κ1) is 31.4. The van der Waals surface area contributed by atoms with Gasteiger partial charge in [0.15, 0.2) is 23.0 Å². The van der Waals surface area contributed by atoms with Gasteiger partial charge in [-0.15, -0.1) is 0 Å². The molecule has 0 saturated carbocycles. The highest BCUT2D eigenvalue weighted by Gasteiger charge is 2.09. The van der Waals surface area contributed by atoms with E-state index in [9.17, 15) is 9.59 Å². The van der Waals surface area contributed by atoms with Crippen LogP contribution in [0.1, 0.15) is 22.3 Å². The number of ether oxygens (including phenoxy) is 4. The van der Waals surface area contributed by atoms with Crippen LogP contribution in [0, 0.1) is 13.8 Å². The summed E-state index contributed by atoms with van der Waals surface area (Å²) in [7, 11) is 6.29. The lowest BCUT2D eigenvalue weighted by atomic mass is 10.00. The average molecular weight is 593 g/mol. The van der Waals surface area contributed by atoms with E-state index in [2.05, 4.69) is 10.6 Å². The second-order valence-corrected chi connectivity index (χ2v) is 9.93. The lowest BCUT2D eigenvalue weighted by Gasteiger charge is -2.12. The third-order valence-corrected chi connectivity index (χ3v) is 6.97. The van der Waals surface area contributed by atoms with Crippen molar-refractivity contribution in [2.75, 3.05) is 39.1 Å². The van der Waals surface area contributed by atoms with Crippen LogP contribution in [0.5, 0.6) is 23.0 Å². The molecule has 0 aliphatic carbocycles. The van der Waals surface area contributed by atoms with E-state index in [1.54, 1.807) is 64.9 Å². The smallest absolute Gasteiger partial charge is 0.248 e. The van der Waals surface area contributed by atoms with Gasteiger partial charge in [-0.25, -0.2) is 0 Å². The van der Waals surface area contributed by atoms with Crippen LogP contribution < -0.4 is 29.6 Å². The number of aryl methyl sites for hydroxylation is 2. The number of benzene rings is 4. The van der Waals surface area contributed by atoms with Crippen molar-refractivity contribution in [3.63, 3.8) is 0 Å². The van der Waals surface area contributed by atoms with Crippen LogP contribution in [-0.4, -0.2) is 40.3 Å². The summed E-state index contributed by atoms with van der Waals surface area (Å²) in [6.45, 7) is 3.90. The molecular weight excluding hydrogens is 556 g/mol. The van der Waals surface area contributed by atoms with Gasteiger partial charge in [-0.3, -0.25) is 9.59 Å². The molecule has 0 atom stereocenters. The molecule has 226 valence electrons. The number of methoxy groups -OCH3 is 4. The highest BCUT2D eigenvalue weighted by atomic mass is 16.5. The van der Waals surface area contributed by atoms with Gasteiger partial charge in [-0.1, -0.05) is 24.3 Å². The molecule has 2 N–H and O–H groups in total. The highest BCUT2D eigenvalue weighted by Crippen LogP contribution is 2.30. The summed E-state index contributed by atoms with van der Waals surface area (Å²) in [6, 6.07) is 22.6. The first-order valence-corrected chi connectivity index (χ1v) is 13.9. The van der Waals surface area contributed by atoms with E-state index in [4.69, 9.17) is 18.9 Å². The van der Waals surface area contributed by atoms with Gasteiger partial charge < -0.3 is 29.6 Å². The SMILES string of the molecule is COc1ccc(/C=C/C(=O)Nc2ccc(-c3ccc(NC(=O)/C=C/c4ccc(OC)c(OC)c4)c(C)c3)cc2C)cc1OC. The molecule has 0 fully saturated rings. The fourth-order valence-electron chi connectivity index (χ4n) is 4.57. The van der Waals surface area contributed by atoms with Crippen molar-refractivity contribution >= 4 is 35.3 Å². The number of carbonyl (C=O) groups is 2. The van der Waals surface area contributed by atoms with Crippen molar-refractivity contribution in [3.05, 3.63) is 107 Å². The number of hydrogen-bond donors (Lipinski definition) is 2. The van der Waals surface area contributed by atoms with Crippen LogP contribution in [0.4, 0.5) is 11.4 Å². The summed E-state index contributed by atoms with van der Waals surface area (Å²) in [5, 5.41) is 5.88. The van der Waals surface area contributed by atoms with Gasteiger partial charge in [0.05, 0.1) is 28.4 Å². The van der Waals surface area contributed by atoms with Crippen molar-refractivity contribution < 1.29 is 28.5 Å². The third-order valence-electron chi connectivity index (χ3n) is 6.97. The van der Waals surface area contributed by atoms with Crippen molar-refractivity contribution in [2.24, 2.45) is 0 Å². The molecule has 2 amide bonds. The molecule has 0 unspecified atom stereocenters.